The van der Waals surface area contributed by atoms with Crippen LogP contribution in [0.3, 0.4) is 0 Å². The molecule has 6 heteroatoms. The standard InChI is InChI=1S/C25H30N2O3.C10H18O.CH4.H2/c1-4-21(28)17-19-6-8-20(9-7-19)26-25(29)24-11-10-23(16-18(24)3)30-22-12-14-27(5-2)15-13-22;1-6-7-8-9(11-5)10(2,3)4;;/h4,6-11,16,22H,1,5,12-15,17H2,2-3H3,(H,26,29);6-8H,1-5H3;1H4;1H/b;7-6-,9-8-;;. The van der Waals surface area contributed by atoms with Crippen LogP contribution in [0.2, 0.25) is 0 Å². The number of ether oxygens (including phenoxy) is 2. The van der Waals surface area contributed by atoms with Crippen LogP contribution in [-0.2, 0) is 16.0 Å². The van der Waals surface area contributed by atoms with Gasteiger partial charge in [0.1, 0.15) is 17.6 Å². The summed E-state index contributed by atoms with van der Waals surface area (Å²) >= 11 is 0. The van der Waals surface area contributed by atoms with Crippen LogP contribution in [-0.4, -0.2) is 49.4 Å². The normalized spacial score (nSPS) is 14.3. The third-order valence-electron chi connectivity index (χ3n) is 6.94. The van der Waals surface area contributed by atoms with E-state index in [4.69, 9.17) is 9.47 Å². The zero-order chi connectivity index (χ0) is 30.4. The molecule has 1 N–H and O–H groups in total. The van der Waals surface area contributed by atoms with E-state index in [0.717, 1.165) is 55.1 Å². The second-order valence-electron chi connectivity index (χ2n) is 11.2. The molecular weight excluding hydrogens is 524 g/mol. The number of allylic oxidation sites excluding steroid dienone is 5. The van der Waals surface area contributed by atoms with Crippen LogP contribution < -0.4 is 10.1 Å². The van der Waals surface area contributed by atoms with Gasteiger partial charge in [0, 0.05) is 37.6 Å². The summed E-state index contributed by atoms with van der Waals surface area (Å²) in [5, 5.41) is 2.92. The molecule has 1 saturated heterocycles. The predicted octanol–water partition coefficient (Wildman–Crippen LogP) is 8.43. The highest BCUT2D eigenvalue weighted by molar-refractivity contribution is 6.05. The summed E-state index contributed by atoms with van der Waals surface area (Å²) in [4.78, 5) is 26.6. The number of anilines is 1. The van der Waals surface area contributed by atoms with Gasteiger partial charge in [0.25, 0.3) is 5.91 Å². The monoisotopic (exact) mass is 578 g/mol. The van der Waals surface area contributed by atoms with Crippen molar-refractivity contribution in [3.63, 3.8) is 0 Å². The molecule has 3 rings (SSSR count). The number of nitrogens with one attached hydrogen (secondary N) is 1. The molecule has 42 heavy (non-hydrogen) atoms. The highest BCUT2D eigenvalue weighted by atomic mass is 16.5. The highest BCUT2D eigenvalue weighted by Crippen LogP contribution is 2.25. The third-order valence-corrected chi connectivity index (χ3v) is 6.94. The Morgan fingerprint density at radius 1 is 1.12 bits per heavy atom. The van der Waals surface area contributed by atoms with Gasteiger partial charge in [-0.25, -0.2) is 0 Å². The number of aryl methyl sites for hydroxylation is 1. The van der Waals surface area contributed by atoms with Crippen molar-refractivity contribution in [2.75, 3.05) is 32.1 Å². The van der Waals surface area contributed by atoms with Crippen molar-refractivity contribution >= 4 is 17.4 Å². The van der Waals surface area contributed by atoms with Gasteiger partial charge in [-0.2, -0.15) is 0 Å². The fourth-order valence-electron chi connectivity index (χ4n) is 4.49. The van der Waals surface area contributed by atoms with Crippen LogP contribution in [0.25, 0.3) is 0 Å². The molecule has 0 unspecified atom stereocenters. The SMILES string of the molecule is C.C/C=C\C=C(/OC)C(C)(C)C.C=CC(=O)Cc1ccc(NC(=O)c2ccc(OC3CCN(CC)CC3)cc2C)cc1.[HH]. The molecule has 0 aromatic heterocycles. The van der Waals surface area contributed by atoms with Crippen molar-refractivity contribution in [1.82, 2.24) is 4.90 Å². The van der Waals surface area contributed by atoms with Crippen molar-refractivity contribution < 1.29 is 20.5 Å². The average molecular weight is 579 g/mol. The van der Waals surface area contributed by atoms with Crippen LogP contribution in [0.4, 0.5) is 5.69 Å². The summed E-state index contributed by atoms with van der Waals surface area (Å²) in [5.74, 6) is 1.64. The Morgan fingerprint density at radius 3 is 2.26 bits per heavy atom. The van der Waals surface area contributed by atoms with Gasteiger partial charge in [-0.3, -0.25) is 9.59 Å². The number of ketones is 1. The number of carbonyl (C=O) groups excluding carboxylic acids is 2. The second-order valence-corrected chi connectivity index (χ2v) is 11.2. The Kier molecular flexibility index (Phi) is 15.6. The Bertz CT molecular complexity index is 1200. The lowest BCUT2D eigenvalue weighted by atomic mass is 9.93. The van der Waals surface area contributed by atoms with Gasteiger partial charge in [0.05, 0.1) is 7.11 Å². The first-order chi connectivity index (χ1) is 19.5. The number of piperidine rings is 1. The first kappa shape index (κ1) is 36.4. The molecule has 6 nitrogen and oxygen atoms in total. The first-order valence-corrected chi connectivity index (χ1v) is 14.4. The third kappa shape index (κ3) is 12.1. The summed E-state index contributed by atoms with van der Waals surface area (Å²) < 4.78 is 11.4. The molecule has 0 atom stereocenters. The zero-order valence-corrected chi connectivity index (χ0v) is 26.0. The molecular formula is C36H54N2O4. The number of hydrogen-bond donors (Lipinski definition) is 1. The summed E-state index contributed by atoms with van der Waals surface area (Å²) in [7, 11) is 1.71. The fourth-order valence-corrected chi connectivity index (χ4v) is 4.49. The van der Waals surface area contributed by atoms with Gasteiger partial charge in [-0.1, -0.05) is 66.0 Å². The quantitative estimate of drug-likeness (QED) is 0.174. The highest BCUT2D eigenvalue weighted by Gasteiger charge is 2.20. The lowest BCUT2D eigenvalue weighted by molar-refractivity contribution is -0.114. The maximum absolute atomic E-state index is 12.7. The number of nitrogens with zero attached hydrogens (tertiary/aromatic N) is 1. The van der Waals surface area contributed by atoms with Crippen LogP contribution in [0.15, 0.2) is 79.1 Å². The van der Waals surface area contributed by atoms with Crippen LogP contribution in [0.5, 0.6) is 5.75 Å². The maximum Gasteiger partial charge on any atom is 0.255 e. The maximum atomic E-state index is 12.7. The van der Waals surface area contributed by atoms with Crippen LogP contribution >= 0.6 is 0 Å². The molecule has 0 radical (unpaired) electrons. The Hall–Kier alpha value is -3.64. The minimum atomic E-state index is -0.162. The summed E-state index contributed by atoms with van der Waals surface area (Å²) in [5.41, 5.74) is 3.18. The molecule has 1 fully saturated rings. The predicted molar refractivity (Wildman–Crippen MR) is 178 cm³/mol. The summed E-state index contributed by atoms with van der Waals surface area (Å²) in [6.07, 6.45) is 9.91. The molecule has 2 aromatic rings. The van der Waals surface area contributed by atoms with Gasteiger partial charge in [-0.05, 0) is 86.8 Å². The number of likely N-dealkylation sites (tertiary alicyclic amines) is 1. The molecule has 232 valence electrons. The van der Waals surface area contributed by atoms with E-state index in [1.54, 1.807) is 19.2 Å². The molecule has 0 aliphatic carbocycles. The van der Waals surface area contributed by atoms with Gasteiger partial charge >= 0.3 is 0 Å². The molecule has 1 heterocycles. The van der Waals surface area contributed by atoms with E-state index in [-0.39, 0.29) is 32.1 Å². The number of carbonyl (C=O) groups is 2. The molecule has 1 amide bonds. The van der Waals surface area contributed by atoms with E-state index < -0.39 is 0 Å². The fraction of sp³-hybridized carbons (Fsp3) is 0.444. The van der Waals surface area contributed by atoms with E-state index in [0.29, 0.717) is 17.7 Å². The average Bonchev–Trinajstić information content (AvgIpc) is 2.94. The minimum Gasteiger partial charge on any atom is -0.501 e. The van der Waals surface area contributed by atoms with Crippen LogP contribution in [0.1, 0.15) is 77.8 Å². The van der Waals surface area contributed by atoms with E-state index >= 15 is 0 Å². The molecule has 2 aromatic carbocycles. The van der Waals surface area contributed by atoms with Crippen molar-refractivity contribution in [3.05, 3.63) is 95.8 Å². The lowest BCUT2D eigenvalue weighted by Crippen LogP contribution is -2.38. The van der Waals surface area contributed by atoms with Crippen molar-refractivity contribution in [2.24, 2.45) is 5.41 Å². The van der Waals surface area contributed by atoms with Gasteiger partial charge < -0.3 is 19.7 Å². The van der Waals surface area contributed by atoms with Crippen molar-refractivity contribution in [3.8, 4) is 5.75 Å². The Morgan fingerprint density at radius 2 is 1.76 bits per heavy atom. The summed E-state index contributed by atoms with van der Waals surface area (Å²) in [6, 6.07) is 12.9. The van der Waals surface area contributed by atoms with Crippen LogP contribution in [0, 0.1) is 12.3 Å². The topological polar surface area (TPSA) is 67.9 Å². The number of rotatable bonds is 10. The second kappa shape index (κ2) is 18.0. The Balaban J connectivity index is 0.00000117. The number of hydrogen-bond acceptors (Lipinski definition) is 5. The molecule has 0 bridgehead atoms. The van der Waals surface area contributed by atoms with Gasteiger partial charge in [0.2, 0.25) is 0 Å². The smallest absolute Gasteiger partial charge is 0.255 e. The number of benzene rings is 2. The first-order valence-electron chi connectivity index (χ1n) is 14.4. The van der Waals surface area contributed by atoms with Crippen molar-refractivity contribution in [2.45, 2.75) is 74.3 Å². The molecule has 1 aliphatic heterocycles. The summed E-state index contributed by atoms with van der Waals surface area (Å²) in [6.45, 7) is 19.2. The van der Waals surface area contributed by atoms with Gasteiger partial charge in [0.15, 0.2) is 5.78 Å². The van der Waals surface area contributed by atoms with E-state index in [9.17, 15) is 9.59 Å². The molecule has 1 aliphatic rings. The Labute approximate surface area is 256 Å². The lowest BCUT2D eigenvalue weighted by Gasteiger charge is -2.31. The van der Waals surface area contributed by atoms with E-state index in [1.165, 1.54) is 6.08 Å². The van der Waals surface area contributed by atoms with Crippen molar-refractivity contribution in [1.29, 1.82) is 0 Å². The molecule has 0 spiro atoms. The largest absolute Gasteiger partial charge is 0.501 e. The van der Waals surface area contributed by atoms with E-state index in [1.807, 2.05) is 62.4 Å². The number of methoxy groups -OCH3 is 1. The van der Waals surface area contributed by atoms with E-state index in [2.05, 4.69) is 44.5 Å². The zero-order valence-electron chi connectivity index (χ0n) is 26.0. The number of amides is 1. The molecule has 0 saturated carbocycles. The van der Waals surface area contributed by atoms with Gasteiger partial charge in [-0.15, -0.1) is 0 Å². The minimum absolute atomic E-state index is 0.